The molecule has 70 valence electrons. The smallest absolute Gasteiger partial charge is 0.0408 e. The second-order valence-electron chi connectivity index (χ2n) is 3.83. The lowest BCUT2D eigenvalue weighted by Gasteiger charge is -2.09. The number of hydrogen-bond acceptors (Lipinski definition) is 1. The molecule has 0 amide bonds. The molecule has 0 heterocycles. The predicted molar refractivity (Wildman–Crippen MR) is 56.0 cm³/mol. The molecule has 2 atom stereocenters. The zero-order valence-corrected chi connectivity index (χ0v) is 8.30. The number of rotatable bonds is 1. The zero-order valence-electron chi connectivity index (χ0n) is 7.54. The van der Waals surface area contributed by atoms with E-state index in [9.17, 15) is 0 Å². The minimum absolute atomic E-state index is 0.393. The van der Waals surface area contributed by atoms with E-state index >= 15 is 0 Å². The van der Waals surface area contributed by atoms with E-state index in [0.717, 1.165) is 17.9 Å². The molecule has 1 aromatic carbocycles. The van der Waals surface area contributed by atoms with Gasteiger partial charge in [-0.05, 0) is 42.9 Å². The summed E-state index contributed by atoms with van der Waals surface area (Å²) in [5, 5.41) is 0.831. The molecule has 0 aromatic heterocycles. The van der Waals surface area contributed by atoms with Crippen LogP contribution < -0.4 is 5.73 Å². The first-order valence-electron chi connectivity index (χ1n) is 4.77. The molecular weight excluding hydrogens is 182 g/mol. The van der Waals surface area contributed by atoms with Gasteiger partial charge >= 0.3 is 0 Å². The molecule has 2 rings (SSSR count). The third-order valence-electron chi connectivity index (χ3n) is 2.79. The van der Waals surface area contributed by atoms with Crippen LogP contribution in [0.4, 0.5) is 0 Å². The summed E-state index contributed by atoms with van der Waals surface area (Å²) in [6, 6.07) is 8.53. The topological polar surface area (TPSA) is 26.0 Å². The average molecular weight is 196 g/mol. The van der Waals surface area contributed by atoms with Crippen molar-refractivity contribution in [2.75, 3.05) is 0 Å². The molecule has 1 nitrogen and oxygen atoms in total. The molecule has 13 heavy (non-hydrogen) atoms. The van der Waals surface area contributed by atoms with Crippen LogP contribution >= 0.6 is 11.6 Å². The SMILES string of the molecule is N[C@@H]1CC[C@H](c2cccc(Cl)c2)C1. The molecule has 0 radical (unpaired) electrons. The fourth-order valence-electron chi connectivity index (χ4n) is 2.08. The van der Waals surface area contributed by atoms with Crippen molar-refractivity contribution in [3.05, 3.63) is 34.9 Å². The van der Waals surface area contributed by atoms with E-state index in [-0.39, 0.29) is 0 Å². The van der Waals surface area contributed by atoms with Crippen LogP contribution in [0.5, 0.6) is 0 Å². The summed E-state index contributed by atoms with van der Waals surface area (Å²) in [6.07, 6.45) is 3.47. The standard InChI is InChI=1S/C11H14ClN/c12-10-3-1-2-8(6-10)9-4-5-11(13)7-9/h1-3,6,9,11H,4-5,7,13H2/t9-,11+/m0/s1. The lowest BCUT2D eigenvalue weighted by molar-refractivity contribution is 0.675. The van der Waals surface area contributed by atoms with Crippen LogP contribution in [0, 0.1) is 0 Å². The lowest BCUT2D eigenvalue weighted by atomic mass is 9.98. The third kappa shape index (κ3) is 2.04. The molecule has 1 fully saturated rings. The molecule has 0 bridgehead atoms. The van der Waals surface area contributed by atoms with Gasteiger partial charge in [0.25, 0.3) is 0 Å². The Labute approximate surface area is 83.9 Å². The summed E-state index contributed by atoms with van der Waals surface area (Å²) in [6.45, 7) is 0. The van der Waals surface area contributed by atoms with Crippen LogP contribution in [0.3, 0.4) is 0 Å². The number of hydrogen-bond donors (Lipinski definition) is 1. The Kier molecular flexibility index (Phi) is 2.56. The van der Waals surface area contributed by atoms with E-state index in [1.54, 1.807) is 0 Å². The van der Waals surface area contributed by atoms with Gasteiger partial charge in [0, 0.05) is 11.1 Å². The molecule has 2 heteroatoms. The summed E-state index contributed by atoms with van der Waals surface area (Å²) in [5.74, 6) is 0.633. The normalized spacial score (nSPS) is 27.8. The van der Waals surface area contributed by atoms with Gasteiger partial charge in [-0.2, -0.15) is 0 Å². The molecule has 0 spiro atoms. The molecule has 0 aliphatic heterocycles. The Hall–Kier alpha value is -0.530. The summed E-state index contributed by atoms with van der Waals surface area (Å²) < 4.78 is 0. The second-order valence-corrected chi connectivity index (χ2v) is 4.26. The molecule has 1 aliphatic rings. The van der Waals surface area contributed by atoms with Crippen molar-refractivity contribution in [1.29, 1.82) is 0 Å². The molecule has 1 aromatic rings. The largest absolute Gasteiger partial charge is 0.328 e. The Bertz CT molecular complexity index is 298. The van der Waals surface area contributed by atoms with Gasteiger partial charge in [-0.3, -0.25) is 0 Å². The highest BCUT2D eigenvalue weighted by Crippen LogP contribution is 2.34. The molecular formula is C11H14ClN. The van der Waals surface area contributed by atoms with Crippen LogP contribution in [-0.4, -0.2) is 6.04 Å². The average Bonchev–Trinajstić information content (AvgIpc) is 2.52. The van der Waals surface area contributed by atoms with Gasteiger partial charge in [0.2, 0.25) is 0 Å². The highest BCUT2D eigenvalue weighted by atomic mass is 35.5. The second kappa shape index (κ2) is 3.69. The highest BCUT2D eigenvalue weighted by Gasteiger charge is 2.22. The van der Waals surface area contributed by atoms with Gasteiger partial charge in [0.1, 0.15) is 0 Å². The van der Waals surface area contributed by atoms with E-state index in [0.29, 0.717) is 12.0 Å². The highest BCUT2D eigenvalue weighted by molar-refractivity contribution is 6.30. The number of halogens is 1. The molecule has 0 saturated heterocycles. The predicted octanol–water partition coefficient (Wildman–Crippen LogP) is 2.93. The number of benzene rings is 1. The van der Waals surface area contributed by atoms with Crippen molar-refractivity contribution >= 4 is 11.6 Å². The fourth-order valence-corrected chi connectivity index (χ4v) is 2.28. The van der Waals surface area contributed by atoms with Crippen molar-refractivity contribution in [2.24, 2.45) is 5.73 Å². The van der Waals surface area contributed by atoms with Crippen LogP contribution in [-0.2, 0) is 0 Å². The molecule has 2 N–H and O–H groups in total. The van der Waals surface area contributed by atoms with Crippen molar-refractivity contribution in [3.63, 3.8) is 0 Å². The Balaban J connectivity index is 2.16. The monoisotopic (exact) mass is 195 g/mol. The first kappa shape index (κ1) is 9.04. The maximum Gasteiger partial charge on any atom is 0.0408 e. The Morgan fingerprint density at radius 3 is 2.77 bits per heavy atom. The van der Waals surface area contributed by atoms with Crippen LogP contribution in [0.1, 0.15) is 30.7 Å². The quantitative estimate of drug-likeness (QED) is 0.733. The van der Waals surface area contributed by atoms with E-state index < -0.39 is 0 Å². The van der Waals surface area contributed by atoms with Crippen molar-refractivity contribution < 1.29 is 0 Å². The van der Waals surface area contributed by atoms with Gasteiger partial charge in [0.15, 0.2) is 0 Å². The van der Waals surface area contributed by atoms with Crippen LogP contribution in [0.15, 0.2) is 24.3 Å². The molecule has 1 saturated carbocycles. The maximum atomic E-state index is 5.93. The summed E-state index contributed by atoms with van der Waals surface area (Å²) in [5.41, 5.74) is 7.22. The zero-order chi connectivity index (χ0) is 9.26. The van der Waals surface area contributed by atoms with E-state index in [1.165, 1.54) is 12.0 Å². The Morgan fingerprint density at radius 2 is 2.15 bits per heavy atom. The van der Waals surface area contributed by atoms with Gasteiger partial charge in [-0.15, -0.1) is 0 Å². The summed E-state index contributed by atoms with van der Waals surface area (Å²) >= 11 is 5.93. The van der Waals surface area contributed by atoms with Crippen molar-refractivity contribution in [2.45, 2.75) is 31.2 Å². The lowest BCUT2D eigenvalue weighted by Crippen LogP contribution is -2.14. The van der Waals surface area contributed by atoms with Crippen LogP contribution in [0.25, 0.3) is 0 Å². The van der Waals surface area contributed by atoms with E-state index in [4.69, 9.17) is 17.3 Å². The maximum absolute atomic E-state index is 5.93. The number of nitrogens with two attached hydrogens (primary N) is 1. The molecule has 0 unspecified atom stereocenters. The fraction of sp³-hybridized carbons (Fsp3) is 0.455. The van der Waals surface area contributed by atoms with Gasteiger partial charge in [-0.1, -0.05) is 23.7 Å². The van der Waals surface area contributed by atoms with E-state index in [1.807, 2.05) is 12.1 Å². The summed E-state index contributed by atoms with van der Waals surface area (Å²) in [4.78, 5) is 0. The first-order valence-corrected chi connectivity index (χ1v) is 5.14. The first-order chi connectivity index (χ1) is 6.25. The molecule has 1 aliphatic carbocycles. The van der Waals surface area contributed by atoms with Crippen molar-refractivity contribution in [1.82, 2.24) is 0 Å². The minimum atomic E-state index is 0.393. The van der Waals surface area contributed by atoms with Gasteiger partial charge in [0.05, 0.1) is 0 Å². The Morgan fingerprint density at radius 1 is 1.31 bits per heavy atom. The minimum Gasteiger partial charge on any atom is -0.328 e. The van der Waals surface area contributed by atoms with Gasteiger partial charge < -0.3 is 5.73 Å². The van der Waals surface area contributed by atoms with Crippen LogP contribution in [0.2, 0.25) is 5.02 Å². The summed E-state index contributed by atoms with van der Waals surface area (Å²) in [7, 11) is 0. The van der Waals surface area contributed by atoms with Crippen molar-refractivity contribution in [3.8, 4) is 0 Å². The third-order valence-corrected chi connectivity index (χ3v) is 3.03. The van der Waals surface area contributed by atoms with Gasteiger partial charge in [-0.25, -0.2) is 0 Å². The van der Waals surface area contributed by atoms with E-state index in [2.05, 4.69) is 12.1 Å².